The summed E-state index contributed by atoms with van der Waals surface area (Å²) in [7, 11) is 0. The summed E-state index contributed by atoms with van der Waals surface area (Å²) in [4.78, 5) is 16.0. The van der Waals surface area contributed by atoms with Gasteiger partial charge in [-0.15, -0.1) is 0 Å². The average Bonchev–Trinajstić information content (AvgIpc) is 2.84. The van der Waals surface area contributed by atoms with E-state index in [0.717, 1.165) is 0 Å². The lowest BCUT2D eigenvalue weighted by molar-refractivity contribution is -0.133. The summed E-state index contributed by atoms with van der Waals surface area (Å²) in [6.45, 7) is 2.56. The molecule has 3 rings (SSSR count). The predicted octanol–water partition coefficient (Wildman–Crippen LogP) is 1.69. The second-order valence-electron chi connectivity index (χ2n) is 7.94. The molecule has 0 fully saturated rings. The molecule has 5 N–H and O–H groups in total. The van der Waals surface area contributed by atoms with E-state index in [2.05, 4.69) is 0 Å². The second kappa shape index (κ2) is 11.2. The molecule has 3 atom stereocenters. The molecule has 0 spiro atoms. The van der Waals surface area contributed by atoms with Crippen molar-refractivity contribution < 1.29 is 24.9 Å². The van der Waals surface area contributed by atoms with Crippen LogP contribution in [0.1, 0.15) is 24.2 Å². The number of nitrogens with two attached hydrogens (primary N) is 1. The van der Waals surface area contributed by atoms with Crippen LogP contribution in [0.4, 0.5) is 0 Å². The molecule has 7 nitrogen and oxygen atoms in total. The maximum Gasteiger partial charge on any atom is 0.182 e. The topological polar surface area (TPSA) is 116 Å². The van der Waals surface area contributed by atoms with Crippen molar-refractivity contribution in [2.24, 2.45) is 5.73 Å². The number of allylic oxidation sites excluding steroid dienone is 1. The van der Waals surface area contributed by atoms with Crippen molar-refractivity contribution in [1.82, 2.24) is 4.90 Å². The Morgan fingerprint density at radius 2 is 1.73 bits per heavy atom. The number of hydrogen-bond donors (Lipinski definition) is 4. The predicted molar refractivity (Wildman–Crippen MR) is 127 cm³/mol. The molecule has 1 aliphatic carbocycles. The molecule has 0 amide bonds. The van der Waals surface area contributed by atoms with E-state index in [1.54, 1.807) is 66.8 Å². The van der Waals surface area contributed by atoms with Gasteiger partial charge in [0.2, 0.25) is 0 Å². The highest BCUT2D eigenvalue weighted by Crippen LogP contribution is 2.41. The van der Waals surface area contributed by atoms with Crippen molar-refractivity contribution in [2.45, 2.75) is 24.5 Å². The number of rotatable bonds is 11. The Hall–Kier alpha value is -2.97. The zero-order chi connectivity index (χ0) is 23.8. The standard InChI is InChI=1S/C26H32N2O5/c1-2-33-22-11-8-20(9-12-22)26(25(32)24(31)19-6-4-3-5-7-19)18-21(27)10-13-23(26)28(14-16-29)15-17-30/h3-13,18,23-24,29-31H,2,14-17,27H2,1H3. The van der Waals surface area contributed by atoms with Crippen LogP contribution >= 0.6 is 0 Å². The number of carbonyl (C=O) groups excluding carboxylic acids is 1. The summed E-state index contributed by atoms with van der Waals surface area (Å²) in [5, 5.41) is 30.5. The molecule has 2 aromatic carbocycles. The number of benzene rings is 2. The molecular weight excluding hydrogens is 420 g/mol. The number of ketones is 1. The Morgan fingerprint density at radius 1 is 1.09 bits per heavy atom. The van der Waals surface area contributed by atoms with Gasteiger partial charge < -0.3 is 25.8 Å². The van der Waals surface area contributed by atoms with E-state index in [-0.39, 0.29) is 26.3 Å². The summed E-state index contributed by atoms with van der Waals surface area (Å²) in [6, 6.07) is 15.3. The molecule has 0 aliphatic heterocycles. The van der Waals surface area contributed by atoms with Gasteiger partial charge in [0.05, 0.1) is 25.2 Å². The fourth-order valence-electron chi connectivity index (χ4n) is 4.43. The Balaban J connectivity index is 2.19. The lowest BCUT2D eigenvalue weighted by Crippen LogP contribution is -2.57. The number of Topliss-reactive ketones (excluding diaryl/α,β-unsaturated/α-hetero) is 1. The summed E-state index contributed by atoms with van der Waals surface area (Å²) >= 11 is 0. The lowest BCUT2D eigenvalue weighted by atomic mass is 9.66. The molecule has 33 heavy (non-hydrogen) atoms. The van der Waals surface area contributed by atoms with Crippen molar-refractivity contribution in [3.63, 3.8) is 0 Å². The minimum atomic E-state index is -1.40. The summed E-state index contributed by atoms with van der Waals surface area (Å²) < 4.78 is 5.57. The molecule has 176 valence electrons. The van der Waals surface area contributed by atoms with Gasteiger partial charge in [-0.25, -0.2) is 0 Å². The smallest absolute Gasteiger partial charge is 0.182 e. The first-order valence-electron chi connectivity index (χ1n) is 11.1. The molecule has 0 aromatic heterocycles. The molecule has 0 saturated carbocycles. The first-order chi connectivity index (χ1) is 16.0. The third-order valence-corrected chi connectivity index (χ3v) is 5.91. The first-order valence-corrected chi connectivity index (χ1v) is 11.1. The van der Waals surface area contributed by atoms with Crippen LogP contribution < -0.4 is 10.5 Å². The van der Waals surface area contributed by atoms with E-state index in [0.29, 0.717) is 29.2 Å². The van der Waals surface area contributed by atoms with Crippen LogP contribution in [-0.2, 0) is 10.2 Å². The monoisotopic (exact) mass is 452 g/mol. The Morgan fingerprint density at radius 3 is 2.30 bits per heavy atom. The summed E-state index contributed by atoms with van der Waals surface area (Å²) in [6.07, 6.45) is 3.78. The molecule has 0 bridgehead atoms. The maximum atomic E-state index is 14.1. The Labute approximate surface area is 194 Å². The molecule has 0 heterocycles. The fraction of sp³-hybridized carbons (Fsp3) is 0.346. The van der Waals surface area contributed by atoms with Crippen LogP contribution in [0, 0.1) is 0 Å². The van der Waals surface area contributed by atoms with Gasteiger partial charge in [-0.2, -0.15) is 0 Å². The number of hydrogen-bond acceptors (Lipinski definition) is 7. The highest BCUT2D eigenvalue weighted by Gasteiger charge is 2.50. The molecule has 1 aliphatic rings. The average molecular weight is 453 g/mol. The number of ether oxygens (including phenoxy) is 1. The lowest BCUT2D eigenvalue weighted by Gasteiger charge is -2.45. The van der Waals surface area contributed by atoms with E-state index < -0.39 is 23.3 Å². The highest BCUT2D eigenvalue weighted by molar-refractivity contribution is 5.98. The van der Waals surface area contributed by atoms with Crippen molar-refractivity contribution in [3.05, 3.63) is 89.6 Å². The van der Waals surface area contributed by atoms with Crippen LogP contribution in [-0.4, -0.2) is 65.0 Å². The quantitative estimate of drug-likeness (QED) is 0.410. The number of aliphatic hydroxyl groups excluding tert-OH is 3. The maximum absolute atomic E-state index is 14.1. The molecule has 7 heteroatoms. The normalized spacial score (nSPS) is 21.0. The van der Waals surface area contributed by atoms with Crippen LogP contribution in [0.3, 0.4) is 0 Å². The van der Waals surface area contributed by atoms with Gasteiger partial charge in [0.1, 0.15) is 11.9 Å². The SMILES string of the molecule is CCOc1ccc(C2(C(=O)C(O)c3ccccc3)C=C(N)C=CC2N(CCO)CCO)cc1. The number of aliphatic hydroxyl groups is 3. The second-order valence-corrected chi connectivity index (χ2v) is 7.94. The van der Waals surface area contributed by atoms with Gasteiger partial charge in [0, 0.05) is 24.8 Å². The zero-order valence-electron chi connectivity index (χ0n) is 18.8. The van der Waals surface area contributed by atoms with Crippen molar-refractivity contribution in [1.29, 1.82) is 0 Å². The Bertz CT molecular complexity index is 968. The van der Waals surface area contributed by atoms with Crippen LogP contribution in [0.25, 0.3) is 0 Å². The van der Waals surface area contributed by atoms with Crippen LogP contribution in [0.15, 0.2) is 78.5 Å². The van der Waals surface area contributed by atoms with Crippen molar-refractivity contribution in [3.8, 4) is 5.75 Å². The molecule has 2 aromatic rings. The largest absolute Gasteiger partial charge is 0.494 e. The van der Waals surface area contributed by atoms with Gasteiger partial charge in [-0.3, -0.25) is 9.69 Å². The third kappa shape index (κ3) is 5.17. The van der Waals surface area contributed by atoms with Gasteiger partial charge in [-0.1, -0.05) is 48.5 Å². The van der Waals surface area contributed by atoms with Crippen LogP contribution in [0.2, 0.25) is 0 Å². The molecule has 0 saturated heterocycles. The summed E-state index contributed by atoms with van der Waals surface area (Å²) in [5.41, 5.74) is 6.35. The van der Waals surface area contributed by atoms with E-state index in [4.69, 9.17) is 10.5 Å². The van der Waals surface area contributed by atoms with Gasteiger partial charge in [-0.05, 0) is 42.3 Å². The fourth-order valence-corrected chi connectivity index (χ4v) is 4.43. The van der Waals surface area contributed by atoms with Gasteiger partial charge >= 0.3 is 0 Å². The van der Waals surface area contributed by atoms with E-state index in [9.17, 15) is 20.1 Å². The number of nitrogens with zero attached hydrogens (tertiary/aromatic N) is 1. The molecular formula is C26H32N2O5. The van der Waals surface area contributed by atoms with Crippen molar-refractivity contribution in [2.75, 3.05) is 32.9 Å². The number of carbonyl (C=O) groups is 1. The minimum Gasteiger partial charge on any atom is -0.494 e. The molecule has 3 unspecified atom stereocenters. The Kier molecular flexibility index (Phi) is 8.41. The third-order valence-electron chi connectivity index (χ3n) is 5.91. The van der Waals surface area contributed by atoms with Crippen LogP contribution in [0.5, 0.6) is 5.75 Å². The van der Waals surface area contributed by atoms with E-state index in [1.807, 2.05) is 17.9 Å². The van der Waals surface area contributed by atoms with Gasteiger partial charge in [0.15, 0.2) is 5.78 Å². The van der Waals surface area contributed by atoms with E-state index >= 15 is 0 Å². The van der Waals surface area contributed by atoms with E-state index in [1.165, 1.54) is 0 Å². The summed E-state index contributed by atoms with van der Waals surface area (Å²) in [5.74, 6) is 0.214. The first kappa shape index (κ1) is 24.7. The molecule has 0 radical (unpaired) electrons. The van der Waals surface area contributed by atoms with Gasteiger partial charge in [0.25, 0.3) is 0 Å². The zero-order valence-corrected chi connectivity index (χ0v) is 18.8. The highest BCUT2D eigenvalue weighted by atomic mass is 16.5. The minimum absolute atomic E-state index is 0.154. The van der Waals surface area contributed by atoms with Crippen molar-refractivity contribution >= 4 is 5.78 Å².